The lowest BCUT2D eigenvalue weighted by atomic mass is 10.1. The van der Waals surface area contributed by atoms with Crippen LogP contribution < -0.4 is 5.73 Å². The van der Waals surface area contributed by atoms with Crippen LogP contribution in [0.15, 0.2) is 36.7 Å². The highest BCUT2D eigenvalue weighted by atomic mass is 32.1. The molecule has 0 saturated carbocycles. The van der Waals surface area contributed by atoms with E-state index in [4.69, 9.17) is 5.73 Å². The van der Waals surface area contributed by atoms with Crippen LogP contribution in [0.4, 0.5) is 0 Å². The first-order valence-electron chi connectivity index (χ1n) is 6.38. The van der Waals surface area contributed by atoms with Crippen molar-refractivity contribution in [2.45, 2.75) is 18.4 Å². The van der Waals surface area contributed by atoms with Crippen molar-refractivity contribution in [3.8, 4) is 11.4 Å². The minimum atomic E-state index is 0.132. The van der Waals surface area contributed by atoms with E-state index in [9.17, 15) is 0 Å². The molecule has 3 heterocycles. The number of pyridine rings is 1. The number of hydrogen-bond acceptors (Lipinski definition) is 6. The van der Waals surface area contributed by atoms with E-state index in [1.54, 1.807) is 28.2 Å². The van der Waals surface area contributed by atoms with Crippen molar-refractivity contribution in [2.24, 2.45) is 5.73 Å². The van der Waals surface area contributed by atoms with Crippen molar-refractivity contribution in [1.82, 2.24) is 24.8 Å². The summed E-state index contributed by atoms with van der Waals surface area (Å²) in [4.78, 5) is 4.91. The number of nitrogens with zero attached hydrogens (tertiary/aromatic N) is 5. The molecule has 0 aromatic carbocycles. The Morgan fingerprint density at radius 2 is 2.25 bits per heavy atom. The molecular formula is C13H12N6S. The summed E-state index contributed by atoms with van der Waals surface area (Å²) in [5, 5.41) is 14.1. The Hall–Kier alpha value is -2.12. The predicted molar refractivity (Wildman–Crippen MR) is 76.4 cm³/mol. The molecule has 2 unspecified atom stereocenters. The highest BCUT2D eigenvalue weighted by Crippen LogP contribution is 2.31. The summed E-state index contributed by atoms with van der Waals surface area (Å²) < 4.78 is 1.79. The lowest BCUT2D eigenvalue weighted by Gasteiger charge is -2.03. The van der Waals surface area contributed by atoms with E-state index >= 15 is 0 Å². The van der Waals surface area contributed by atoms with E-state index in [-0.39, 0.29) is 6.04 Å². The van der Waals surface area contributed by atoms with E-state index < -0.39 is 0 Å². The Bertz CT molecular complexity index is 775. The monoisotopic (exact) mass is 284 g/mol. The van der Waals surface area contributed by atoms with Crippen LogP contribution in [0.1, 0.15) is 17.3 Å². The van der Waals surface area contributed by atoms with Crippen LogP contribution in [0.25, 0.3) is 16.3 Å². The van der Waals surface area contributed by atoms with Gasteiger partial charge in [-0.1, -0.05) is 23.5 Å². The zero-order valence-corrected chi connectivity index (χ0v) is 11.4. The van der Waals surface area contributed by atoms with Gasteiger partial charge in [0.05, 0.1) is 0 Å². The van der Waals surface area contributed by atoms with Crippen LogP contribution in [0, 0.1) is 0 Å². The minimum Gasteiger partial charge on any atom is -0.324 e. The third kappa shape index (κ3) is 1.83. The van der Waals surface area contributed by atoms with Crippen molar-refractivity contribution in [1.29, 1.82) is 0 Å². The third-order valence-electron chi connectivity index (χ3n) is 3.36. The molecule has 0 saturated heterocycles. The van der Waals surface area contributed by atoms with E-state index in [0.29, 0.717) is 5.92 Å². The molecule has 7 heteroatoms. The molecule has 3 aromatic heterocycles. The molecule has 2 atom stereocenters. The molecular weight excluding hydrogens is 272 g/mol. The normalized spacial score (nSPS) is 21.9. The zero-order valence-electron chi connectivity index (χ0n) is 10.5. The van der Waals surface area contributed by atoms with E-state index in [1.807, 2.05) is 18.2 Å². The summed E-state index contributed by atoms with van der Waals surface area (Å²) >= 11 is 1.56. The van der Waals surface area contributed by atoms with Crippen molar-refractivity contribution in [3.63, 3.8) is 0 Å². The second-order valence-electron chi connectivity index (χ2n) is 4.79. The highest BCUT2D eigenvalue weighted by Gasteiger charge is 2.23. The number of rotatable bonds is 2. The van der Waals surface area contributed by atoms with Gasteiger partial charge in [0.1, 0.15) is 5.01 Å². The number of hydrogen-bond donors (Lipinski definition) is 1. The van der Waals surface area contributed by atoms with Crippen molar-refractivity contribution < 1.29 is 0 Å². The smallest absolute Gasteiger partial charge is 0.234 e. The molecule has 1 aliphatic carbocycles. The van der Waals surface area contributed by atoms with Crippen LogP contribution in [0.2, 0.25) is 0 Å². The van der Waals surface area contributed by atoms with Crippen LogP contribution >= 0.6 is 11.3 Å². The lowest BCUT2D eigenvalue weighted by Crippen LogP contribution is -2.14. The molecule has 0 fully saturated rings. The molecule has 1 aliphatic rings. The second kappa shape index (κ2) is 4.46. The Balaban J connectivity index is 1.78. The third-order valence-corrected chi connectivity index (χ3v) is 4.39. The first-order chi connectivity index (χ1) is 9.81. The zero-order chi connectivity index (χ0) is 13.5. The Morgan fingerprint density at radius 1 is 1.30 bits per heavy atom. The second-order valence-corrected chi connectivity index (χ2v) is 5.78. The van der Waals surface area contributed by atoms with E-state index in [2.05, 4.69) is 26.4 Å². The fourth-order valence-corrected chi connectivity index (χ4v) is 3.30. The fraction of sp³-hybridized carbons (Fsp3) is 0.231. The molecule has 0 aliphatic heterocycles. The Kier molecular flexibility index (Phi) is 2.61. The molecule has 4 rings (SSSR count). The summed E-state index contributed by atoms with van der Waals surface area (Å²) in [6.45, 7) is 0. The van der Waals surface area contributed by atoms with Crippen molar-refractivity contribution in [2.75, 3.05) is 0 Å². The topological polar surface area (TPSA) is 82.0 Å². The lowest BCUT2D eigenvalue weighted by molar-refractivity contribution is 0.695. The van der Waals surface area contributed by atoms with Crippen LogP contribution in [-0.4, -0.2) is 30.8 Å². The number of fused-ring (bicyclic) bond motifs is 1. The van der Waals surface area contributed by atoms with Crippen LogP contribution in [0.5, 0.6) is 0 Å². The van der Waals surface area contributed by atoms with Gasteiger partial charge in [-0.05, 0) is 18.6 Å². The molecule has 3 aromatic rings. The van der Waals surface area contributed by atoms with Crippen molar-refractivity contribution in [3.05, 3.63) is 41.7 Å². The van der Waals surface area contributed by atoms with Gasteiger partial charge in [0, 0.05) is 29.9 Å². The number of allylic oxidation sites excluding steroid dienone is 1. The predicted octanol–water partition coefficient (Wildman–Crippen LogP) is 1.62. The van der Waals surface area contributed by atoms with Gasteiger partial charge in [-0.15, -0.1) is 10.2 Å². The molecule has 0 radical (unpaired) electrons. The number of aromatic nitrogens is 5. The molecule has 100 valence electrons. The molecule has 2 N–H and O–H groups in total. The summed E-state index contributed by atoms with van der Waals surface area (Å²) in [7, 11) is 0. The van der Waals surface area contributed by atoms with Gasteiger partial charge < -0.3 is 5.73 Å². The van der Waals surface area contributed by atoms with Crippen LogP contribution in [0.3, 0.4) is 0 Å². The summed E-state index contributed by atoms with van der Waals surface area (Å²) in [5.74, 6) is 1.01. The van der Waals surface area contributed by atoms with Gasteiger partial charge in [0.25, 0.3) is 0 Å². The maximum atomic E-state index is 5.90. The standard InChI is InChI=1S/C13H12N6S/c14-10-4-3-8(6-10)12-18-19-11(16-17-13(19)20-12)9-2-1-5-15-7-9/h1-5,7-8,10H,6,14H2. The molecule has 20 heavy (non-hydrogen) atoms. The summed E-state index contributed by atoms with van der Waals surface area (Å²) in [6.07, 6.45) is 8.57. The van der Waals surface area contributed by atoms with E-state index in [1.165, 1.54) is 0 Å². The number of nitrogens with two attached hydrogens (primary N) is 1. The summed E-state index contributed by atoms with van der Waals surface area (Å²) in [6, 6.07) is 3.96. The van der Waals surface area contributed by atoms with Crippen molar-refractivity contribution >= 4 is 16.3 Å². The first-order valence-corrected chi connectivity index (χ1v) is 7.19. The van der Waals surface area contributed by atoms with Gasteiger partial charge in [-0.25, -0.2) is 0 Å². The van der Waals surface area contributed by atoms with Gasteiger partial charge in [-0.2, -0.15) is 9.61 Å². The summed E-state index contributed by atoms with van der Waals surface area (Å²) in [5.41, 5.74) is 6.81. The SMILES string of the molecule is NC1C=CC(c2nn3c(-c4cccnc4)nnc3s2)C1. The largest absolute Gasteiger partial charge is 0.324 e. The van der Waals surface area contributed by atoms with Gasteiger partial charge in [0.2, 0.25) is 4.96 Å². The molecule has 6 nitrogen and oxygen atoms in total. The van der Waals surface area contributed by atoms with Gasteiger partial charge >= 0.3 is 0 Å². The Labute approximate surface area is 119 Å². The minimum absolute atomic E-state index is 0.132. The van der Waals surface area contributed by atoms with E-state index in [0.717, 1.165) is 27.8 Å². The molecule has 0 spiro atoms. The maximum Gasteiger partial charge on any atom is 0.234 e. The average molecular weight is 284 g/mol. The Morgan fingerprint density at radius 3 is 3.00 bits per heavy atom. The average Bonchev–Trinajstić information content (AvgIpc) is 3.13. The van der Waals surface area contributed by atoms with Gasteiger partial charge in [-0.3, -0.25) is 4.98 Å². The van der Waals surface area contributed by atoms with Gasteiger partial charge in [0.15, 0.2) is 5.82 Å². The van der Waals surface area contributed by atoms with Crippen LogP contribution in [-0.2, 0) is 0 Å². The fourth-order valence-electron chi connectivity index (χ4n) is 2.37. The molecule has 0 amide bonds. The molecule has 0 bridgehead atoms. The quantitative estimate of drug-likeness (QED) is 0.723. The maximum absolute atomic E-state index is 5.90. The first kappa shape index (κ1) is 11.7. The highest BCUT2D eigenvalue weighted by molar-refractivity contribution is 7.16.